The van der Waals surface area contributed by atoms with E-state index in [0.29, 0.717) is 12.5 Å². The molecule has 5 nitrogen and oxygen atoms in total. The SMILES string of the molecule is CN(C)CC1CCN(C(=O)NCCN(C)CCc2ccccc2)C1. The van der Waals surface area contributed by atoms with Gasteiger partial charge in [0.25, 0.3) is 0 Å². The minimum Gasteiger partial charge on any atom is -0.337 e. The summed E-state index contributed by atoms with van der Waals surface area (Å²) in [5.74, 6) is 0.610. The Bertz CT molecular complexity index is 491. The summed E-state index contributed by atoms with van der Waals surface area (Å²) in [4.78, 5) is 18.6. The molecule has 134 valence electrons. The maximum Gasteiger partial charge on any atom is 0.317 e. The minimum absolute atomic E-state index is 0.0905. The van der Waals surface area contributed by atoms with Crippen molar-refractivity contribution in [3.8, 4) is 0 Å². The summed E-state index contributed by atoms with van der Waals surface area (Å²) >= 11 is 0. The summed E-state index contributed by atoms with van der Waals surface area (Å²) in [6.45, 7) is 5.43. The number of hydrogen-bond acceptors (Lipinski definition) is 3. The maximum atomic E-state index is 12.2. The molecular weight excluding hydrogens is 300 g/mol. The third kappa shape index (κ3) is 6.49. The molecule has 1 N–H and O–H groups in total. The normalized spacial score (nSPS) is 17.7. The van der Waals surface area contributed by atoms with Gasteiger partial charge in [-0.2, -0.15) is 0 Å². The van der Waals surface area contributed by atoms with Gasteiger partial charge in [0.2, 0.25) is 0 Å². The van der Waals surface area contributed by atoms with E-state index < -0.39 is 0 Å². The van der Waals surface area contributed by atoms with Crippen molar-refractivity contribution in [2.24, 2.45) is 5.92 Å². The zero-order valence-corrected chi connectivity index (χ0v) is 15.4. The molecule has 1 aliphatic rings. The van der Waals surface area contributed by atoms with E-state index in [1.165, 1.54) is 5.56 Å². The van der Waals surface area contributed by atoms with Crippen LogP contribution in [0, 0.1) is 5.92 Å². The van der Waals surface area contributed by atoms with Crippen molar-refractivity contribution in [1.29, 1.82) is 0 Å². The molecule has 1 aromatic rings. The number of nitrogens with zero attached hydrogens (tertiary/aromatic N) is 3. The summed E-state index contributed by atoms with van der Waals surface area (Å²) in [5.41, 5.74) is 1.36. The van der Waals surface area contributed by atoms with E-state index in [1.54, 1.807) is 0 Å². The molecule has 0 radical (unpaired) electrons. The second-order valence-corrected chi connectivity index (χ2v) is 7.13. The topological polar surface area (TPSA) is 38.8 Å². The summed E-state index contributed by atoms with van der Waals surface area (Å²) in [5, 5.41) is 3.06. The van der Waals surface area contributed by atoms with Gasteiger partial charge in [-0.3, -0.25) is 0 Å². The summed E-state index contributed by atoms with van der Waals surface area (Å²) in [7, 11) is 6.29. The first-order valence-electron chi connectivity index (χ1n) is 8.94. The van der Waals surface area contributed by atoms with E-state index in [0.717, 1.165) is 45.6 Å². The van der Waals surface area contributed by atoms with Gasteiger partial charge in [0.15, 0.2) is 0 Å². The van der Waals surface area contributed by atoms with Crippen LogP contribution in [-0.4, -0.2) is 81.1 Å². The van der Waals surface area contributed by atoms with Crippen LogP contribution in [-0.2, 0) is 6.42 Å². The van der Waals surface area contributed by atoms with Crippen LogP contribution in [0.4, 0.5) is 4.79 Å². The molecule has 1 unspecified atom stereocenters. The number of carbonyl (C=O) groups excluding carboxylic acids is 1. The molecule has 1 aromatic carbocycles. The molecule has 0 aliphatic carbocycles. The number of likely N-dealkylation sites (N-methyl/N-ethyl adjacent to an activating group) is 1. The highest BCUT2D eigenvalue weighted by atomic mass is 16.2. The Hall–Kier alpha value is -1.59. The van der Waals surface area contributed by atoms with Crippen LogP contribution in [0.25, 0.3) is 0 Å². The number of amides is 2. The van der Waals surface area contributed by atoms with E-state index in [1.807, 2.05) is 11.0 Å². The van der Waals surface area contributed by atoms with Crippen LogP contribution in [0.5, 0.6) is 0 Å². The van der Waals surface area contributed by atoms with Gasteiger partial charge in [0.05, 0.1) is 0 Å². The third-order valence-corrected chi connectivity index (χ3v) is 4.59. The second-order valence-electron chi connectivity index (χ2n) is 7.13. The first kappa shape index (κ1) is 18.7. The fraction of sp³-hybridized carbons (Fsp3) is 0.632. The van der Waals surface area contributed by atoms with Crippen molar-refractivity contribution in [2.45, 2.75) is 12.8 Å². The minimum atomic E-state index is 0.0905. The Kier molecular flexibility index (Phi) is 7.53. The first-order valence-corrected chi connectivity index (χ1v) is 8.94. The van der Waals surface area contributed by atoms with Crippen LogP contribution in [0.3, 0.4) is 0 Å². The molecule has 24 heavy (non-hydrogen) atoms. The maximum absolute atomic E-state index is 12.2. The van der Waals surface area contributed by atoms with Crippen molar-refractivity contribution in [1.82, 2.24) is 20.0 Å². The Morgan fingerprint density at radius 2 is 1.96 bits per heavy atom. The molecule has 1 fully saturated rings. The molecule has 0 aromatic heterocycles. The van der Waals surface area contributed by atoms with Crippen molar-refractivity contribution >= 4 is 6.03 Å². The Morgan fingerprint density at radius 1 is 1.21 bits per heavy atom. The largest absolute Gasteiger partial charge is 0.337 e. The summed E-state index contributed by atoms with van der Waals surface area (Å²) in [6.07, 6.45) is 2.16. The van der Waals surface area contributed by atoms with E-state index in [4.69, 9.17) is 0 Å². The predicted molar refractivity (Wildman–Crippen MR) is 99.3 cm³/mol. The molecular formula is C19H32N4O. The molecule has 5 heteroatoms. The average Bonchev–Trinajstić information content (AvgIpc) is 3.01. The van der Waals surface area contributed by atoms with Crippen molar-refractivity contribution in [2.75, 3.05) is 60.4 Å². The lowest BCUT2D eigenvalue weighted by Crippen LogP contribution is -2.42. The standard InChI is InChI=1S/C19H32N4O/c1-21(2)15-18-10-13-23(16-18)19(24)20-11-14-22(3)12-9-17-7-5-4-6-8-17/h4-8,18H,9-16H2,1-3H3,(H,20,24). The van der Waals surface area contributed by atoms with Gasteiger partial charge >= 0.3 is 6.03 Å². The predicted octanol–water partition coefficient (Wildman–Crippen LogP) is 1.75. The van der Waals surface area contributed by atoms with Crippen LogP contribution >= 0.6 is 0 Å². The second kappa shape index (κ2) is 9.64. The fourth-order valence-electron chi connectivity index (χ4n) is 3.22. The van der Waals surface area contributed by atoms with Crippen LogP contribution in [0.15, 0.2) is 30.3 Å². The van der Waals surface area contributed by atoms with Gasteiger partial charge in [0.1, 0.15) is 0 Å². The highest BCUT2D eigenvalue weighted by Gasteiger charge is 2.26. The summed E-state index contributed by atoms with van der Waals surface area (Å²) in [6, 6.07) is 10.6. The zero-order valence-electron chi connectivity index (χ0n) is 15.4. The van der Waals surface area contributed by atoms with E-state index in [2.05, 4.69) is 60.5 Å². The lowest BCUT2D eigenvalue weighted by molar-refractivity contribution is 0.203. The number of hydrogen-bond donors (Lipinski definition) is 1. The zero-order chi connectivity index (χ0) is 17.4. The average molecular weight is 332 g/mol. The van der Waals surface area contributed by atoms with Gasteiger partial charge in [-0.25, -0.2) is 4.79 Å². The summed E-state index contributed by atoms with van der Waals surface area (Å²) < 4.78 is 0. The number of benzene rings is 1. The van der Waals surface area contributed by atoms with Gasteiger partial charge in [0, 0.05) is 39.3 Å². The van der Waals surface area contributed by atoms with E-state index >= 15 is 0 Å². The molecule has 2 rings (SSSR count). The smallest absolute Gasteiger partial charge is 0.317 e. The number of likely N-dealkylation sites (tertiary alicyclic amines) is 1. The van der Waals surface area contributed by atoms with Crippen LogP contribution < -0.4 is 5.32 Å². The molecule has 1 saturated heterocycles. The third-order valence-electron chi connectivity index (χ3n) is 4.59. The first-order chi connectivity index (χ1) is 11.5. The van der Waals surface area contributed by atoms with Crippen molar-refractivity contribution < 1.29 is 4.79 Å². The quantitative estimate of drug-likeness (QED) is 0.788. The van der Waals surface area contributed by atoms with Gasteiger partial charge in [-0.05, 0) is 45.5 Å². The molecule has 1 atom stereocenters. The lowest BCUT2D eigenvalue weighted by atomic mass is 10.1. The molecule has 2 amide bonds. The van der Waals surface area contributed by atoms with E-state index in [-0.39, 0.29) is 6.03 Å². The number of carbonyl (C=O) groups is 1. The Labute approximate surface area is 146 Å². The fourth-order valence-corrected chi connectivity index (χ4v) is 3.22. The van der Waals surface area contributed by atoms with Crippen LogP contribution in [0.1, 0.15) is 12.0 Å². The monoisotopic (exact) mass is 332 g/mol. The molecule has 0 spiro atoms. The van der Waals surface area contributed by atoms with Crippen molar-refractivity contribution in [3.05, 3.63) is 35.9 Å². The number of urea groups is 1. The van der Waals surface area contributed by atoms with Gasteiger partial charge in [-0.15, -0.1) is 0 Å². The Morgan fingerprint density at radius 3 is 2.67 bits per heavy atom. The molecule has 0 bridgehead atoms. The number of rotatable bonds is 8. The molecule has 0 saturated carbocycles. The van der Waals surface area contributed by atoms with Crippen molar-refractivity contribution in [3.63, 3.8) is 0 Å². The molecule has 1 aliphatic heterocycles. The lowest BCUT2D eigenvalue weighted by Gasteiger charge is -2.21. The highest BCUT2D eigenvalue weighted by Crippen LogP contribution is 2.16. The van der Waals surface area contributed by atoms with Gasteiger partial charge in [-0.1, -0.05) is 30.3 Å². The van der Waals surface area contributed by atoms with Gasteiger partial charge < -0.3 is 20.0 Å². The highest BCUT2D eigenvalue weighted by molar-refractivity contribution is 5.74. The van der Waals surface area contributed by atoms with Crippen LogP contribution in [0.2, 0.25) is 0 Å². The van der Waals surface area contributed by atoms with E-state index in [9.17, 15) is 4.79 Å². The molecule has 1 heterocycles. The number of nitrogens with one attached hydrogen (secondary N) is 1. The Balaban J connectivity index is 1.59.